The van der Waals surface area contributed by atoms with E-state index < -0.39 is 29.5 Å². The summed E-state index contributed by atoms with van der Waals surface area (Å²) in [6.07, 6.45) is -5.74. The molecule has 1 atom stereocenters. The van der Waals surface area contributed by atoms with E-state index in [-0.39, 0.29) is 40.9 Å². The minimum absolute atomic E-state index is 0. The fourth-order valence-electron chi connectivity index (χ4n) is 0.660. The van der Waals surface area contributed by atoms with Crippen molar-refractivity contribution in [1.29, 1.82) is 0 Å². The summed E-state index contributed by atoms with van der Waals surface area (Å²) in [5.74, 6) is 0. The molecule has 18 N–H and O–H groups in total. The first-order chi connectivity index (χ1) is 22.0. The van der Waals surface area contributed by atoms with Gasteiger partial charge in [-0.2, -0.15) is 26.3 Å². The van der Waals surface area contributed by atoms with Crippen molar-refractivity contribution in [3.8, 4) is 0 Å². The van der Waals surface area contributed by atoms with Gasteiger partial charge in [0.25, 0.3) is 0 Å². The molecule has 52 heavy (non-hydrogen) atoms. The first-order valence-corrected chi connectivity index (χ1v) is 17.1. The summed E-state index contributed by atoms with van der Waals surface area (Å²) in [5.41, 5.74) is 39.1. The van der Waals surface area contributed by atoms with E-state index in [1.165, 1.54) is 0 Å². The van der Waals surface area contributed by atoms with Crippen LogP contribution in [0.25, 0.3) is 0 Å². The van der Waals surface area contributed by atoms with Gasteiger partial charge in [0.1, 0.15) is 5.54 Å². The van der Waals surface area contributed by atoms with Gasteiger partial charge in [0, 0.05) is 47.0 Å². The molecule has 11 nitrogen and oxygen atoms in total. The summed E-state index contributed by atoms with van der Waals surface area (Å²) >= 11 is 0. The highest BCUT2D eigenvalue weighted by molar-refractivity contribution is 4.80. The van der Waals surface area contributed by atoms with Crippen LogP contribution in [0.1, 0.15) is 144 Å². The van der Waals surface area contributed by atoms with Gasteiger partial charge in [-0.3, -0.25) is 0 Å². The van der Waals surface area contributed by atoms with Crippen molar-refractivity contribution in [2.24, 2.45) is 45.9 Å². The molecular formula is C35H88F6N8O3. The molecule has 0 rings (SSSR count). The van der Waals surface area contributed by atoms with Gasteiger partial charge in [-0.15, -0.1) is 0 Å². The molecule has 0 aromatic heterocycles. The van der Waals surface area contributed by atoms with Gasteiger partial charge in [-0.1, -0.05) is 13.8 Å². The molecule has 0 saturated heterocycles. The van der Waals surface area contributed by atoms with Crippen LogP contribution in [-0.2, 0) is 4.74 Å². The summed E-state index contributed by atoms with van der Waals surface area (Å²) in [5, 5.41) is 16.6. The maximum absolute atomic E-state index is 11.4. The molecule has 0 aliphatic carbocycles. The molecule has 0 aliphatic heterocycles. The lowest BCUT2D eigenvalue weighted by Crippen LogP contribution is -2.47. The first-order valence-electron chi connectivity index (χ1n) is 17.1. The second-order valence-corrected chi connectivity index (χ2v) is 17.6. The largest absolute Gasteiger partial charge is 0.405 e. The third kappa shape index (κ3) is 117. The van der Waals surface area contributed by atoms with E-state index in [4.69, 9.17) is 49.4 Å². The Morgan fingerprint density at radius 3 is 0.731 bits per heavy atom. The molecule has 0 heterocycles. The maximum atomic E-state index is 11.4. The van der Waals surface area contributed by atoms with Crippen LogP contribution in [0.15, 0.2) is 0 Å². The van der Waals surface area contributed by atoms with Crippen LogP contribution < -0.4 is 45.9 Å². The topological polar surface area (TPSA) is 258 Å². The number of methoxy groups -OCH3 is 1. The van der Waals surface area contributed by atoms with Gasteiger partial charge in [0.05, 0.1) is 19.3 Å². The second kappa shape index (κ2) is 30.4. The number of nitrogens with two attached hydrogens (primary N) is 8. The summed E-state index contributed by atoms with van der Waals surface area (Å²) < 4.78 is 72.3. The van der Waals surface area contributed by atoms with E-state index in [2.05, 4.69) is 25.3 Å². The third-order valence-corrected chi connectivity index (χ3v) is 4.75. The second-order valence-electron chi connectivity index (χ2n) is 17.6. The molecule has 0 aromatic carbocycles. The Morgan fingerprint density at radius 2 is 0.731 bits per heavy atom. The number of ether oxygens (including phenoxy) is 1. The minimum Gasteiger partial charge on any atom is -0.396 e. The van der Waals surface area contributed by atoms with E-state index in [1.54, 1.807) is 21.0 Å². The Morgan fingerprint density at radius 1 is 0.538 bits per heavy atom. The van der Waals surface area contributed by atoms with Crippen molar-refractivity contribution in [2.75, 3.05) is 26.9 Å². The van der Waals surface area contributed by atoms with Crippen LogP contribution >= 0.6 is 0 Å². The molecule has 0 bridgehead atoms. The smallest absolute Gasteiger partial charge is 0.396 e. The molecule has 0 radical (unpaired) electrons. The van der Waals surface area contributed by atoms with Gasteiger partial charge in [0.15, 0.2) is 0 Å². The highest BCUT2D eigenvalue weighted by Crippen LogP contribution is 2.26. The lowest BCUT2D eigenvalue weighted by molar-refractivity contribution is -0.175. The summed E-state index contributed by atoms with van der Waals surface area (Å²) in [7, 11) is 1.65. The molecule has 328 valence electrons. The van der Waals surface area contributed by atoms with Crippen LogP contribution in [-0.4, -0.2) is 94.3 Å². The van der Waals surface area contributed by atoms with Gasteiger partial charge in [0.2, 0.25) is 0 Å². The number of rotatable bonds is 7. The molecule has 0 aliphatic rings. The maximum Gasteiger partial charge on any atom is 0.405 e. The number of hydrogen-bond donors (Lipinski definition) is 10. The van der Waals surface area contributed by atoms with Crippen molar-refractivity contribution in [1.82, 2.24) is 0 Å². The summed E-state index contributed by atoms with van der Waals surface area (Å²) in [6, 6.07) is -1.70. The number of aliphatic hydroxyl groups excluding tert-OH is 2. The predicted molar refractivity (Wildman–Crippen MR) is 211 cm³/mol. The monoisotopic (exact) mass is 783 g/mol. The Labute approximate surface area is 315 Å². The summed E-state index contributed by atoms with van der Waals surface area (Å²) in [4.78, 5) is 0. The number of hydrogen-bond acceptors (Lipinski definition) is 11. The standard InChI is InChI=1S/2C5H13NO.2C5H13N.C4H8F3N.C4H11NO.C4H11N.C3H6F3N/c1-5(2,6)4-7-3;1-5(2,6)3-4-7;2*1-4-5(2,3)6;1-3(2,8)4(5,6)7;1-4(2,5)3-6;1-4(2,3)5;1-2(7)3(4,5)6/h4,6H2,1-3H3;7H,3-4,6H2,1-2H3;2*4,6H2,1-3H3;8H2,1-2H3;6H,3,5H2,1-2H3;5H2,1-3H3;2H,7H2,1H3/t;;;;;;;2-/m.......0/s1. The molecule has 17 heteroatoms. The van der Waals surface area contributed by atoms with Gasteiger partial charge < -0.3 is 60.8 Å². The molecule has 0 saturated carbocycles. The highest BCUT2D eigenvalue weighted by atomic mass is 19.4. The van der Waals surface area contributed by atoms with Gasteiger partial charge in [-0.05, 0) is 130 Å². The van der Waals surface area contributed by atoms with Crippen molar-refractivity contribution < 1.29 is 41.3 Å². The molecule has 0 amide bonds. The minimum atomic E-state index is -4.28. The van der Waals surface area contributed by atoms with E-state index in [0.717, 1.165) is 33.6 Å². The molecule has 0 unspecified atom stereocenters. The van der Waals surface area contributed by atoms with Crippen molar-refractivity contribution in [3.63, 3.8) is 0 Å². The predicted octanol–water partition coefficient (Wildman–Crippen LogP) is 5.39. The first kappa shape index (κ1) is 69.1. The molecule has 0 fully saturated rings. The fraction of sp³-hybridized carbons (Fsp3) is 1.00. The van der Waals surface area contributed by atoms with E-state index in [0.29, 0.717) is 13.0 Å². The number of halogens is 6. The van der Waals surface area contributed by atoms with Crippen LogP contribution in [0.2, 0.25) is 0 Å². The lowest BCUT2D eigenvalue weighted by atomic mass is 10.0. The Hall–Kier alpha value is -0.860. The van der Waals surface area contributed by atoms with Gasteiger partial charge >= 0.3 is 12.4 Å². The lowest BCUT2D eigenvalue weighted by Gasteiger charge is -2.21. The number of aliphatic hydroxyl groups is 2. The zero-order valence-electron chi connectivity index (χ0n) is 36.5. The zero-order chi connectivity index (χ0) is 45.0. The Balaban J connectivity index is -0.0000000712. The van der Waals surface area contributed by atoms with Gasteiger partial charge in [-0.25, -0.2) is 0 Å². The molecule has 0 spiro atoms. The average molecular weight is 783 g/mol. The van der Waals surface area contributed by atoms with Crippen molar-refractivity contribution in [3.05, 3.63) is 0 Å². The molecule has 0 aromatic rings. The normalized spacial score (nSPS) is 13.0. The SMILES string of the molecule is CC(C)(C)N.CC(C)(N)C(F)(F)F.CC(C)(N)CCO.CC(C)(N)CO.CCC(C)(C)N.CCC(C)(C)N.COCC(C)(C)N.C[C@H](N)C(F)(F)F. The molecular weight excluding hydrogens is 694 g/mol. The van der Waals surface area contributed by atoms with Crippen LogP contribution in [0, 0.1) is 0 Å². The third-order valence-electron chi connectivity index (χ3n) is 4.75. The highest BCUT2D eigenvalue weighted by Gasteiger charge is 2.43. The van der Waals surface area contributed by atoms with Crippen LogP contribution in [0.4, 0.5) is 26.3 Å². The van der Waals surface area contributed by atoms with E-state index in [1.807, 2.05) is 76.2 Å². The van der Waals surface area contributed by atoms with E-state index in [9.17, 15) is 26.3 Å². The van der Waals surface area contributed by atoms with Crippen molar-refractivity contribution >= 4 is 0 Å². The average Bonchev–Trinajstić information content (AvgIpc) is 2.81. The quantitative estimate of drug-likeness (QED) is 0.147. The van der Waals surface area contributed by atoms with Crippen LogP contribution in [0.3, 0.4) is 0 Å². The number of alkyl halides is 6. The zero-order valence-corrected chi connectivity index (χ0v) is 36.5. The van der Waals surface area contributed by atoms with Crippen molar-refractivity contribution in [2.45, 2.75) is 201 Å². The van der Waals surface area contributed by atoms with Crippen LogP contribution in [0.5, 0.6) is 0 Å². The Bertz CT molecular complexity index is 686. The van der Waals surface area contributed by atoms with E-state index >= 15 is 0 Å². The summed E-state index contributed by atoms with van der Waals surface area (Å²) in [6.45, 7) is 32.9. The Kier molecular flexibility index (Phi) is 40.3. The fourth-order valence-corrected chi connectivity index (χ4v) is 0.660.